The van der Waals surface area contributed by atoms with Crippen molar-refractivity contribution in [2.75, 3.05) is 11.1 Å². The van der Waals surface area contributed by atoms with E-state index in [1.165, 1.54) is 23.9 Å². The second kappa shape index (κ2) is 9.37. The van der Waals surface area contributed by atoms with E-state index in [-0.39, 0.29) is 21.7 Å². The van der Waals surface area contributed by atoms with Gasteiger partial charge in [-0.25, -0.2) is 0 Å². The molecule has 3 aromatic rings. The summed E-state index contributed by atoms with van der Waals surface area (Å²) in [5.74, 6) is 0.564. The molecular formula is C18H14Cl4N4OS. The molecule has 0 bridgehead atoms. The van der Waals surface area contributed by atoms with Crippen LogP contribution in [0.5, 0.6) is 0 Å². The minimum atomic E-state index is -0.269. The summed E-state index contributed by atoms with van der Waals surface area (Å²) in [5, 5.41) is 13.4. The van der Waals surface area contributed by atoms with Crippen LogP contribution in [0.15, 0.2) is 41.6 Å². The molecule has 1 N–H and O–H groups in total. The Morgan fingerprint density at radius 3 is 2.29 bits per heavy atom. The maximum atomic E-state index is 12.3. The van der Waals surface area contributed by atoms with Gasteiger partial charge in [-0.15, -0.1) is 10.2 Å². The molecule has 1 amide bonds. The zero-order valence-electron chi connectivity index (χ0n) is 14.5. The molecule has 1 heterocycles. The van der Waals surface area contributed by atoms with Gasteiger partial charge < -0.3 is 9.88 Å². The molecule has 0 saturated heterocycles. The number of hydrogen-bond donors (Lipinski definition) is 1. The lowest BCUT2D eigenvalue weighted by molar-refractivity contribution is -0.113. The van der Waals surface area contributed by atoms with Gasteiger partial charge in [-0.05, 0) is 43.3 Å². The number of amides is 1. The average molecular weight is 476 g/mol. The van der Waals surface area contributed by atoms with E-state index >= 15 is 0 Å². The number of rotatable bonds is 6. The SMILES string of the molecule is CCn1c(SCC(=O)Nc2c(Cl)cc(Cl)cc2Cl)nnc1-c1ccc(Cl)cc1. The zero-order valence-corrected chi connectivity index (χ0v) is 18.4. The number of nitrogens with zero attached hydrogens (tertiary/aromatic N) is 3. The topological polar surface area (TPSA) is 59.8 Å². The molecule has 0 radical (unpaired) electrons. The molecule has 0 spiro atoms. The third-order valence-electron chi connectivity index (χ3n) is 3.74. The van der Waals surface area contributed by atoms with Crippen LogP contribution < -0.4 is 5.32 Å². The van der Waals surface area contributed by atoms with Crippen molar-refractivity contribution in [1.82, 2.24) is 14.8 Å². The summed E-state index contributed by atoms with van der Waals surface area (Å²) in [4.78, 5) is 12.3. The molecule has 0 atom stereocenters. The number of thioether (sulfide) groups is 1. The van der Waals surface area contributed by atoms with E-state index in [1.807, 2.05) is 23.6 Å². The zero-order chi connectivity index (χ0) is 20.3. The predicted octanol–water partition coefficient (Wildman–Crippen LogP) is 6.31. The molecular weight excluding hydrogens is 462 g/mol. The van der Waals surface area contributed by atoms with Crippen LogP contribution in [0.2, 0.25) is 20.1 Å². The highest BCUT2D eigenvalue weighted by Crippen LogP contribution is 2.34. The minimum Gasteiger partial charge on any atom is -0.323 e. The Balaban J connectivity index is 1.71. The summed E-state index contributed by atoms with van der Waals surface area (Å²) in [6.45, 7) is 2.64. The van der Waals surface area contributed by atoms with Crippen LogP contribution in [0.4, 0.5) is 5.69 Å². The predicted molar refractivity (Wildman–Crippen MR) is 117 cm³/mol. The lowest BCUT2D eigenvalue weighted by Crippen LogP contribution is -2.15. The molecule has 0 unspecified atom stereocenters. The maximum absolute atomic E-state index is 12.3. The number of hydrogen-bond acceptors (Lipinski definition) is 4. The molecule has 10 heteroatoms. The van der Waals surface area contributed by atoms with Crippen molar-refractivity contribution < 1.29 is 4.79 Å². The van der Waals surface area contributed by atoms with Crippen LogP contribution in [-0.4, -0.2) is 26.4 Å². The van der Waals surface area contributed by atoms with Crippen molar-refractivity contribution in [2.24, 2.45) is 0 Å². The summed E-state index contributed by atoms with van der Waals surface area (Å²) in [7, 11) is 0. The third kappa shape index (κ3) is 4.93. The molecule has 0 aliphatic heterocycles. The van der Waals surface area contributed by atoms with Gasteiger partial charge in [0.15, 0.2) is 11.0 Å². The molecule has 0 aliphatic rings. The standard InChI is InChI=1S/C18H14Cl4N4OS/c1-2-26-17(10-3-5-11(19)6-4-10)24-25-18(26)28-9-15(27)23-16-13(21)7-12(20)8-14(16)22/h3-8H,2,9H2,1H3,(H,23,27). The van der Waals surface area contributed by atoms with Gasteiger partial charge >= 0.3 is 0 Å². The second-order valence-corrected chi connectivity index (χ2v) is 8.27. The first kappa shape index (κ1) is 21.3. The van der Waals surface area contributed by atoms with E-state index < -0.39 is 0 Å². The lowest BCUT2D eigenvalue weighted by Gasteiger charge is -2.10. The Bertz CT molecular complexity index is 984. The number of anilines is 1. The van der Waals surface area contributed by atoms with Gasteiger partial charge in [-0.1, -0.05) is 58.2 Å². The first-order valence-corrected chi connectivity index (χ1v) is 10.6. The van der Waals surface area contributed by atoms with Gasteiger partial charge in [-0.2, -0.15) is 0 Å². The Morgan fingerprint density at radius 1 is 1.04 bits per heavy atom. The highest BCUT2D eigenvalue weighted by atomic mass is 35.5. The molecule has 5 nitrogen and oxygen atoms in total. The third-order valence-corrected chi connectivity index (χ3v) is 5.77. The van der Waals surface area contributed by atoms with Gasteiger partial charge in [0.25, 0.3) is 0 Å². The molecule has 1 aromatic heterocycles. The summed E-state index contributed by atoms with van der Waals surface area (Å²) >= 11 is 25.3. The molecule has 0 aliphatic carbocycles. The smallest absolute Gasteiger partial charge is 0.234 e. The Kier molecular flexibility index (Phi) is 7.12. The van der Waals surface area contributed by atoms with Crippen molar-refractivity contribution in [3.05, 3.63) is 56.5 Å². The fraction of sp³-hybridized carbons (Fsp3) is 0.167. The largest absolute Gasteiger partial charge is 0.323 e. The number of carbonyl (C=O) groups is 1. The molecule has 0 fully saturated rings. The van der Waals surface area contributed by atoms with Gasteiger partial charge in [0.1, 0.15) is 0 Å². The van der Waals surface area contributed by atoms with Crippen molar-refractivity contribution in [1.29, 1.82) is 0 Å². The average Bonchev–Trinajstić information content (AvgIpc) is 3.06. The van der Waals surface area contributed by atoms with Crippen molar-refractivity contribution in [3.8, 4) is 11.4 Å². The van der Waals surface area contributed by atoms with Crippen molar-refractivity contribution in [3.63, 3.8) is 0 Å². The van der Waals surface area contributed by atoms with Crippen LogP contribution in [0.25, 0.3) is 11.4 Å². The Hall–Kier alpha value is -1.44. The summed E-state index contributed by atoms with van der Waals surface area (Å²) < 4.78 is 1.93. The number of carbonyl (C=O) groups excluding carboxylic acids is 1. The molecule has 0 saturated carbocycles. The fourth-order valence-corrected chi connectivity index (χ4v) is 4.30. The van der Waals surface area contributed by atoms with Gasteiger partial charge in [0, 0.05) is 22.2 Å². The Morgan fingerprint density at radius 2 is 1.68 bits per heavy atom. The van der Waals surface area contributed by atoms with Crippen LogP contribution >= 0.6 is 58.2 Å². The fourth-order valence-electron chi connectivity index (χ4n) is 2.46. The van der Waals surface area contributed by atoms with E-state index in [4.69, 9.17) is 46.4 Å². The van der Waals surface area contributed by atoms with Crippen LogP contribution in [0.1, 0.15) is 6.92 Å². The number of benzene rings is 2. The Labute approximate surface area is 186 Å². The van der Waals surface area contributed by atoms with Crippen molar-refractivity contribution in [2.45, 2.75) is 18.6 Å². The van der Waals surface area contributed by atoms with Crippen LogP contribution in [-0.2, 0) is 11.3 Å². The van der Waals surface area contributed by atoms with Crippen LogP contribution in [0, 0.1) is 0 Å². The van der Waals surface area contributed by atoms with E-state index in [0.29, 0.717) is 33.3 Å². The first-order valence-electron chi connectivity index (χ1n) is 8.15. The first-order chi connectivity index (χ1) is 13.4. The quantitative estimate of drug-likeness (QED) is 0.424. The molecule has 146 valence electrons. The second-order valence-electron chi connectivity index (χ2n) is 5.64. The van der Waals surface area contributed by atoms with Gasteiger partial charge in [-0.3, -0.25) is 4.79 Å². The van der Waals surface area contributed by atoms with E-state index in [9.17, 15) is 4.79 Å². The lowest BCUT2D eigenvalue weighted by atomic mass is 10.2. The normalized spacial score (nSPS) is 10.9. The van der Waals surface area contributed by atoms with E-state index in [1.54, 1.807) is 12.1 Å². The van der Waals surface area contributed by atoms with Gasteiger partial charge in [0.05, 0.1) is 21.5 Å². The van der Waals surface area contributed by atoms with Crippen molar-refractivity contribution >= 4 is 69.8 Å². The monoisotopic (exact) mass is 474 g/mol. The van der Waals surface area contributed by atoms with E-state index in [2.05, 4.69) is 15.5 Å². The minimum absolute atomic E-state index is 0.119. The highest BCUT2D eigenvalue weighted by Gasteiger charge is 2.16. The molecule has 2 aromatic carbocycles. The van der Waals surface area contributed by atoms with E-state index in [0.717, 1.165) is 5.56 Å². The number of aromatic nitrogens is 3. The van der Waals surface area contributed by atoms with Gasteiger partial charge in [0.2, 0.25) is 5.91 Å². The van der Waals surface area contributed by atoms with Crippen LogP contribution in [0.3, 0.4) is 0 Å². The maximum Gasteiger partial charge on any atom is 0.234 e. The molecule has 28 heavy (non-hydrogen) atoms. The molecule has 3 rings (SSSR count). The summed E-state index contributed by atoms with van der Waals surface area (Å²) in [6.07, 6.45) is 0. The highest BCUT2D eigenvalue weighted by molar-refractivity contribution is 7.99. The summed E-state index contributed by atoms with van der Waals surface area (Å²) in [5.41, 5.74) is 1.23. The summed E-state index contributed by atoms with van der Waals surface area (Å²) in [6, 6.07) is 10.4. The number of halogens is 4. The number of nitrogens with one attached hydrogen (secondary N) is 1.